The maximum Gasteiger partial charge on any atom is 0.269 e. The zero-order valence-electron chi connectivity index (χ0n) is 16.9. The number of halogens is 1. The molecule has 1 atom stereocenters. The predicted octanol–water partition coefficient (Wildman–Crippen LogP) is 2.31. The summed E-state index contributed by atoms with van der Waals surface area (Å²) >= 11 is 0. The van der Waals surface area contributed by atoms with Crippen LogP contribution in [-0.4, -0.2) is 41.8 Å². The van der Waals surface area contributed by atoms with Gasteiger partial charge in [0.15, 0.2) is 11.5 Å². The minimum Gasteiger partial charge on any atom is -0.369 e. The molecule has 164 valence electrons. The molecule has 10 heteroatoms. The molecule has 0 spiro atoms. The Bertz CT molecular complexity index is 1340. The summed E-state index contributed by atoms with van der Waals surface area (Å²) in [6.45, 7) is 0. The number of likely N-dealkylation sites (N-methyl/N-ethyl adjacent to an activating group) is 1. The van der Waals surface area contributed by atoms with Gasteiger partial charge in [-0.1, -0.05) is 42.5 Å². The van der Waals surface area contributed by atoms with Crippen LogP contribution in [0.15, 0.2) is 71.9 Å². The molecule has 1 amide bonds. The first-order chi connectivity index (χ1) is 15.1. The Hall–Kier alpha value is -3.63. The zero-order chi connectivity index (χ0) is 23.1. The van der Waals surface area contributed by atoms with E-state index in [-0.39, 0.29) is 5.96 Å². The van der Waals surface area contributed by atoms with Crippen LogP contribution in [0, 0.1) is 5.95 Å². The van der Waals surface area contributed by atoms with E-state index in [2.05, 4.69) is 9.98 Å². The minimum absolute atomic E-state index is 0.00374. The van der Waals surface area contributed by atoms with Crippen molar-refractivity contribution in [3.05, 3.63) is 89.5 Å². The quantitative estimate of drug-likeness (QED) is 0.450. The van der Waals surface area contributed by atoms with Crippen molar-refractivity contribution in [2.24, 2.45) is 10.7 Å². The van der Waals surface area contributed by atoms with Crippen LogP contribution < -0.4 is 5.73 Å². The van der Waals surface area contributed by atoms with E-state index in [1.807, 2.05) is 0 Å². The number of aliphatic imine (C=N–C) groups is 1. The number of nitrogens with two attached hydrogens (primary N) is 1. The van der Waals surface area contributed by atoms with Gasteiger partial charge in [0.2, 0.25) is 5.95 Å². The van der Waals surface area contributed by atoms with Crippen molar-refractivity contribution < 1.29 is 22.2 Å². The Morgan fingerprint density at radius 1 is 1.06 bits per heavy atom. The van der Waals surface area contributed by atoms with Crippen molar-refractivity contribution in [3.63, 3.8) is 0 Å². The van der Waals surface area contributed by atoms with Gasteiger partial charge >= 0.3 is 0 Å². The fraction of sp³-hybridized carbons (Fsp3) is 0.136. The normalized spacial score (nSPS) is 18.7. The molecule has 1 aliphatic heterocycles. The molecule has 3 aromatic rings. The first kappa shape index (κ1) is 21.6. The Morgan fingerprint density at radius 2 is 1.75 bits per heavy atom. The highest BCUT2D eigenvalue weighted by Crippen LogP contribution is 2.40. The zero-order valence-corrected chi connectivity index (χ0v) is 17.8. The maximum absolute atomic E-state index is 13.4. The molecule has 0 fully saturated rings. The fourth-order valence-electron chi connectivity index (χ4n) is 3.75. The maximum atomic E-state index is 13.4. The Labute approximate surface area is 184 Å². The number of pyridine rings is 1. The standard InChI is InChI=1S/C22H19FN4O4S/c1-27-20(28)22(26-21(27)24,17-6-2-4-14(10-17)13-32(29,30)31)18-7-3-5-15(11-18)16-8-9-19(23)25-12-16/h2-12H,13H2,1H3,(H2,24,26)(H,29,30,31). The molecule has 0 radical (unpaired) electrons. The van der Waals surface area contributed by atoms with Crippen molar-refractivity contribution in [1.82, 2.24) is 9.88 Å². The van der Waals surface area contributed by atoms with Gasteiger partial charge in [-0.25, -0.2) is 9.98 Å². The highest BCUT2D eigenvalue weighted by atomic mass is 32.2. The van der Waals surface area contributed by atoms with Gasteiger partial charge in [-0.05, 0) is 40.5 Å². The van der Waals surface area contributed by atoms with E-state index >= 15 is 0 Å². The molecule has 1 unspecified atom stereocenters. The first-order valence-corrected chi connectivity index (χ1v) is 11.1. The van der Waals surface area contributed by atoms with E-state index in [0.29, 0.717) is 27.8 Å². The molecule has 0 bridgehead atoms. The van der Waals surface area contributed by atoms with E-state index in [1.54, 1.807) is 42.5 Å². The lowest BCUT2D eigenvalue weighted by atomic mass is 9.81. The number of amides is 1. The number of carbonyl (C=O) groups excluding carboxylic acids is 1. The Balaban J connectivity index is 1.91. The summed E-state index contributed by atoms with van der Waals surface area (Å²) in [5, 5.41) is 0. The number of hydrogen-bond acceptors (Lipinski definition) is 6. The summed E-state index contributed by atoms with van der Waals surface area (Å²) in [7, 11) is -2.78. The van der Waals surface area contributed by atoms with Gasteiger partial charge in [-0.3, -0.25) is 14.2 Å². The van der Waals surface area contributed by atoms with Crippen LogP contribution in [0.4, 0.5) is 4.39 Å². The molecule has 8 nitrogen and oxygen atoms in total. The molecule has 1 aromatic heterocycles. The molecular weight excluding hydrogens is 435 g/mol. The van der Waals surface area contributed by atoms with Crippen LogP contribution in [0.3, 0.4) is 0 Å². The van der Waals surface area contributed by atoms with E-state index < -0.39 is 33.3 Å². The Morgan fingerprint density at radius 3 is 2.34 bits per heavy atom. The molecule has 0 aliphatic carbocycles. The molecule has 1 aliphatic rings. The van der Waals surface area contributed by atoms with Crippen LogP contribution >= 0.6 is 0 Å². The number of guanidine groups is 1. The molecule has 32 heavy (non-hydrogen) atoms. The third-order valence-corrected chi connectivity index (χ3v) is 5.97. The van der Waals surface area contributed by atoms with Gasteiger partial charge in [0, 0.05) is 18.8 Å². The highest BCUT2D eigenvalue weighted by Gasteiger charge is 2.49. The summed E-state index contributed by atoms with van der Waals surface area (Å²) in [5.74, 6) is -1.64. The highest BCUT2D eigenvalue weighted by molar-refractivity contribution is 7.85. The van der Waals surface area contributed by atoms with Gasteiger partial charge in [0.1, 0.15) is 5.75 Å². The predicted molar refractivity (Wildman–Crippen MR) is 116 cm³/mol. The van der Waals surface area contributed by atoms with Gasteiger partial charge < -0.3 is 5.73 Å². The number of nitrogens with zero attached hydrogens (tertiary/aromatic N) is 3. The van der Waals surface area contributed by atoms with Crippen molar-refractivity contribution >= 4 is 22.0 Å². The van der Waals surface area contributed by atoms with Crippen molar-refractivity contribution in [3.8, 4) is 11.1 Å². The molecular formula is C22H19FN4O4S. The number of rotatable bonds is 5. The molecule has 0 saturated heterocycles. The van der Waals surface area contributed by atoms with E-state index in [4.69, 9.17) is 5.73 Å². The molecule has 2 heterocycles. The number of carbonyl (C=O) groups is 1. The van der Waals surface area contributed by atoms with Crippen molar-refractivity contribution in [1.29, 1.82) is 0 Å². The third-order valence-electron chi connectivity index (χ3n) is 5.27. The van der Waals surface area contributed by atoms with Gasteiger partial charge in [0.25, 0.3) is 16.0 Å². The molecule has 3 N–H and O–H groups in total. The smallest absolute Gasteiger partial charge is 0.269 e. The van der Waals surface area contributed by atoms with Gasteiger partial charge in [0.05, 0.1) is 0 Å². The van der Waals surface area contributed by atoms with E-state index in [1.165, 1.54) is 36.3 Å². The van der Waals surface area contributed by atoms with E-state index in [0.717, 1.165) is 0 Å². The van der Waals surface area contributed by atoms with Gasteiger partial charge in [-0.15, -0.1) is 0 Å². The number of benzene rings is 2. The summed E-state index contributed by atoms with van der Waals surface area (Å²) in [6.07, 6.45) is 1.38. The lowest BCUT2D eigenvalue weighted by Gasteiger charge is -2.27. The lowest BCUT2D eigenvalue weighted by molar-refractivity contribution is -0.129. The minimum atomic E-state index is -4.28. The molecule has 2 aromatic carbocycles. The Kier molecular flexibility index (Phi) is 5.27. The third kappa shape index (κ3) is 3.85. The number of hydrogen-bond donors (Lipinski definition) is 2. The van der Waals surface area contributed by atoms with Gasteiger partial charge in [-0.2, -0.15) is 12.8 Å². The topological polar surface area (TPSA) is 126 Å². The summed E-state index contributed by atoms with van der Waals surface area (Å²) in [5.41, 5.74) is 6.92. The van der Waals surface area contributed by atoms with Crippen LogP contribution in [0.25, 0.3) is 11.1 Å². The second-order valence-electron chi connectivity index (χ2n) is 7.42. The van der Waals surface area contributed by atoms with E-state index in [9.17, 15) is 22.2 Å². The number of aromatic nitrogens is 1. The molecule has 0 saturated carbocycles. The molecule has 4 rings (SSSR count). The van der Waals surface area contributed by atoms with Crippen LogP contribution in [0.5, 0.6) is 0 Å². The SMILES string of the molecule is CN1C(=O)C(c2cccc(CS(=O)(=O)O)c2)(c2cccc(-c3ccc(F)nc3)c2)N=C1N. The lowest BCUT2D eigenvalue weighted by Crippen LogP contribution is -2.41. The van der Waals surface area contributed by atoms with Crippen LogP contribution in [0.1, 0.15) is 16.7 Å². The van der Waals surface area contributed by atoms with Crippen LogP contribution in [0.2, 0.25) is 0 Å². The monoisotopic (exact) mass is 454 g/mol. The summed E-state index contributed by atoms with van der Waals surface area (Å²) in [4.78, 5) is 22.8. The average Bonchev–Trinajstić information content (AvgIpc) is 2.98. The van der Waals surface area contributed by atoms with Crippen molar-refractivity contribution in [2.45, 2.75) is 11.3 Å². The van der Waals surface area contributed by atoms with Crippen LogP contribution in [-0.2, 0) is 26.2 Å². The summed E-state index contributed by atoms with van der Waals surface area (Å²) in [6, 6.07) is 16.0. The van der Waals surface area contributed by atoms with Crippen molar-refractivity contribution in [2.75, 3.05) is 7.05 Å². The second-order valence-corrected chi connectivity index (χ2v) is 8.87. The first-order valence-electron chi connectivity index (χ1n) is 9.51. The second kappa shape index (κ2) is 7.81. The average molecular weight is 454 g/mol. The summed E-state index contributed by atoms with van der Waals surface area (Å²) < 4.78 is 45.2. The fourth-order valence-corrected chi connectivity index (χ4v) is 4.35. The largest absolute Gasteiger partial charge is 0.369 e.